The number of aromatic nitrogens is 1. The third-order valence-corrected chi connectivity index (χ3v) is 5.23. The lowest BCUT2D eigenvalue weighted by Crippen LogP contribution is -2.50. The van der Waals surface area contributed by atoms with Gasteiger partial charge >= 0.3 is 0 Å². The number of pyridine rings is 1. The maximum absolute atomic E-state index is 12.8. The molecule has 10 heteroatoms. The van der Waals surface area contributed by atoms with Crippen LogP contribution in [0, 0.1) is 10.8 Å². The van der Waals surface area contributed by atoms with E-state index in [1.165, 1.54) is 11.1 Å². The fraction of sp³-hybridized carbons (Fsp3) is 0.500. The number of amidine groups is 1. The summed E-state index contributed by atoms with van der Waals surface area (Å²) < 4.78 is 0. The van der Waals surface area contributed by atoms with Gasteiger partial charge in [-0.3, -0.25) is 24.9 Å². The molecule has 2 amide bonds. The third-order valence-electron chi connectivity index (χ3n) is 5.23. The highest BCUT2D eigenvalue weighted by atomic mass is 16.6. The number of hydrogen-bond donors (Lipinski definition) is 3. The van der Waals surface area contributed by atoms with Crippen molar-refractivity contribution in [3.63, 3.8) is 0 Å². The van der Waals surface area contributed by atoms with Crippen molar-refractivity contribution in [3.8, 4) is 0 Å². The van der Waals surface area contributed by atoms with Gasteiger partial charge in [0.2, 0.25) is 5.91 Å². The molecular formula is C20H27N7O3. The fourth-order valence-corrected chi connectivity index (χ4v) is 3.33. The van der Waals surface area contributed by atoms with Crippen molar-refractivity contribution in [2.45, 2.75) is 38.8 Å². The fourth-order valence-electron chi connectivity index (χ4n) is 3.33. The molecule has 160 valence electrons. The second kappa shape index (κ2) is 8.70. The average molecular weight is 413 g/mol. The van der Waals surface area contributed by atoms with Gasteiger partial charge in [0.25, 0.3) is 5.91 Å². The molecule has 0 bridgehead atoms. The van der Waals surface area contributed by atoms with Crippen molar-refractivity contribution in [3.05, 3.63) is 29.6 Å². The number of hydrogen-bond acceptors (Lipinski definition) is 8. The van der Waals surface area contributed by atoms with E-state index in [1.54, 1.807) is 25.2 Å². The van der Waals surface area contributed by atoms with E-state index < -0.39 is 17.4 Å². The maximum atomic E-state index is 12.8. The number of oxime groups is 1. The van der Waals surface area contributed by atoms with Crippen molar-refractivity contribution < 1.29 is 14.4 Å². The van der Waals surface area contributed by atoms with Crippen molar-refractivity contribution in [1.29, 1.82) is 5.41 Å². The van der Waals surface area contributed by atoms with Gasteiger partial charge in [0, 0.05) is 38.2 Å². The summed E-state index contributed by atoms with van der Waals surface area (Å²) >= 11 is 0. The lowest BCUT2D eigenvalue weighted by molar-refractivity contribution is -0.131. The molecule has 2 unspecified atom stereocenters. The summed E-state index contributed by atoms with van der Waals surface area (Å²) in [4.78, 5) is 40.3. The van der Waals surface area contributed by atoms with Crippen LogP contribution in [0.4, 0.5) is 0 Å². The van der Waals surface area contributed by atoms with E-state index in [2.05, 4.69) is 20.4 Å². The first-order valence-corrected chi connectivity index (χ1v) is 9.80. The molecule has 1 saturated heterocycles. The number of amides is 2. The molecule has 3 heterocycles. The number of carbonyl (C=O) groups excluding carboxylic acids is 2. The van der Waals surface area contributed by atoms with Gasteiger partial charge in [0.05, 0.1) is 5.69 Å². The zero-order valence-electron chi connectivity index (χ0n) is 17.4. The summed E-state index contributed by atoms with van der Waals surface area (Å²) in [5.41, 5.74) is 6.41. The smallest absolute Gasteiger partial charge is 0.270 e. The Morgan fingerprint density at radius 3 is 2.90 bits per heavy atom. The molecule has 1 aromatic rings. The summed E-state index contributed by atoms with van der Waals surface area (Å²) in [5, 5.41) is 15.2. The molecule has 2 atom stereocenters. The van der Waals surface area contributed by atoms with E-state index in [4.69, 9.17) is 16.0 Å². The molecule has 0 radical (unpaired) electrons. The van der Waals surface area contributed by atoms with E-state index in [9.17, 15) is 9.59 Å². The summed E-state index contributed by atoms with van der Waals surface area (Å²) in [5.74, 6) is -0.627. The molecule has 2 aliphatic heterocycles. The van der Waals surface area contributed by atoms with Gasteiger partial charge in [-0.2, -0.15) is 0 Å². The molecule has 1 aromatic heterocycles. The zero-order chi connectivity index (χ0) is 21.9. The van der Waals surface area contributed by atoms with Crippen LogP contribution in [-0.2, 0) is 9.63 Å². The molecule has 0 spiro atoms. The molecule has 0 aliphatic carbocycles. The first-order chi connectivity index (χ1) is 14.3. The van der Waals surface area contributed by atoms with Gasteiger partial charge in [-0.25, -0.2) is 4.98 Å². The van der Waals surface area contributed by atoms with Crippen LogP contribution in [0.3, 0.4) is 0 Å². The molecule has 4 N–H and O–H groups in total. The van der Waals surface area contributed by atoms with Crippen LogP contribution in [0.15, 0.2) is 28.3 Å². The van der Waals surface area contributed by atoms with E-state index in [1.807, 2.05) is 13.8 Å². The first-order valence-electron chi connectivity index (χ1n) is 9.80. The van der Waals surface area contributed by atoms with Crippen molar-refractivity contribution in [1.82, 2.24) is 15.2 Å². The maximum Gasteiger partial charge on any atom is 0.270 e. The highest BCUT2D eigenvalue weighted by Crippen LogP contribution is 2.30. The first kappa shape index (κ1) is 21.6. The Morgan fingerprint density at radius 1 is 1.53 bits per heavy atom. The largest absolute Gasteiger partial charge is 0.390 e. The average Bonchev–Trinajstić information content (AvgIpc) is 3.32. The lowest BCUT2D eigenvalue weighted by atomic mass is 9.92. The van der Waals surface area contributed by atoms with Gasteiger partial charge in [-0.15, -0.1) is 0 Å². The number of nitrogens with zero attached hydrogens (tertiary/aromatic N) is 4. The van der Waals surface area contributed by atoms with E-state index in [-0.39, 0.29) is 23.5 Å². The summed E-state index contributed by atoms with van der Waals surface area (Å²) in [7, 11) is 1.55. The molecule has 1 fully saturated rings. The minimum absolute atomic E-state index is 0.0139. The number of nitrogens with one attached hydrogen (secondary N) is 2. The van der Waals surface area contributed by atoms with E-state index in [0.29, 0.717) is 37.3 Å². The summed E-state index contributed by atoms with van der Waals surface area (Å²) in [6.45, 7) is 4.48. The number of rotatable bonds is 6. The van der Waals surface area contributed by atoms with Crippen molar-refractivity contribution in [2.75, 3.05) is 20.1 Å². The van der Waals surface area contributed by atoms with Gasteiger partial charge in [0.15, 0.2) is 0 Å². The second-order valence-electron chi connectivity index (χ2n) is 7.95. The molecule has 3 rings (SSSR count). The molecule has 2 aliphatic rings. The quantitative estimate of drug-likeness (QED) is 0.461. The molecule has 0 saturated carbocycles. The topological polar surface area (TPSA) is 146 Å². The highest BCUT2D eigenvalue weighted by molar-refractivity contribution is 6.11. The molecule has 0 aromatic carbocycles. The van der Waals surface area contributed by atoms with Crippen LogP contribution in [0.1, 0.15) is 42.9 Å². The van der Waals surface area contributed by atoms with Gasteiger partial charge in [0.1, 0.15) is 29.4 Å². The van der Waals surface area contributed by atoms with Gasteiger partial charge in [-0.05, 0) is 18.6 Å². The predicted octanol–water partition coefficient (Wildman–Crippen LogP) is 0.568. The van der Waals surface area contributed by atoms with Crippen molar-refractivity contribution >= 4 is 29.6 Å². The van der Waals surface area contributed by atoms with Crippen LogP contribution < -0.4 is 11.1 Å². The second-order valence-corrected chi connectivity index (χ2v) is 7.95. The van der Waals surface area contributed by atoms with Crippen LogP contribution >= 0.6 is 0 Å². The number of carbonyl (C=O) groups is 2. The molecule has 30 heavy (non-hydrogen) atoms. The minimum Gasteiger partial charge on any atom is -0.390 e. The minimum atomic E-state index is -0.848. The number of likely N-dealkylation sites (tertiary alicyclic amines) is 1. The Morgan fingerprint density at radius 2 is 2.30 bits per heavy atom. The Balaban J connectivity index is 1.74. The van der Waals surface area contributed by atoms with E-state index in [0.717, 1.165) is 0 Å². The predicted molar refractivity (Wildman–Crippen MR) is 113 cm³/mol. The molecule has 10 nitrogen and oxygen atoms in total. The van der Waals surface area contributed by atoms with Gasteiger partial charge in [-0.1, -0.05) is 25.1 Å². The monoisotopic (exact) mass is 413 g/mol. The summed E-state index contributed by atoms with van der Waals surface area (Å²) in [6, 6.07) is 4.18. The standard InChI is InChI=1S/C20H27N7O3/c1-20(2)7-8-27(19(20)29)17(22)16(11-23-3)25-18(28)14-6-4-5-13(24-14)15-9-12(10-21)30-26-15/h4-6,11-12,16,22H,7-10,21H2,1-3H3,(H,25,28). The third kappa shape index (κ3) is 4.38. The van der Waals surface area contributed by atoms with Crippen LogP contribution in [-0.4, -0.2) is 71.7 Å². The van der Waals surface area contributed by atoms with Crippen LogP contribution in [0.5, 0.6) is 0 Å². The zero-order valence-corrected chi connectivity index (χ0v) is 17.4. The Hall–Kier alpha value is -3.14. The normalized spacial score (nSPS) is 21.5. The van der Waals surface area contributed by atoms with E-state index >= 15 is 0 Å². The molecular weight excluding hydrogens is 386 g/mol. The number of aliphatic imine (C=N–C) groups is 1. The Labute approximate surface area is 175 Å². The number of nitrogens with two attached hydrogens (primary N) is 1. The lowest BCUT2D eigenvalue weighted by Gasteiger charge is -2.24. The van der Waals surface area contributed by atoms with Gasteiger partial charge < -0.3 is 15.9 Å². The summed E-state index contributed by atoms with van der Waals surface area (Å²) in [6.07, 6.45) is 2.42. The Kier molecular flexibility index (Phi) is 6.25. The highest BCUT2D eigenvalue weighted by Gasteiger charge is 2.41. The van der Waals surface area contributed by atoms with Crippen LogP contribution in [0.25, 0.3) is 0 Å². The van der Waals surface area contributed by atoms with Crippen molar-refractivity contribution in [2.24, 2.45) is 21.3 Å². The Bertz CT molecular complexity index is 909. The van der Waals surface area contributed by atoms with Crippen LogP contribution in [0.2, 0.25) is 0 Å². The SMILES string of the molecule is CN=CC(NC(=O)c1cccc(C2=NOC(CN)C2)n1)C(=N)N1CCC(C)(C)C1=O.